The van der Waals surface area contributed by atoms with Crippen molar-refractivity contribution in [2.24, 2.45) is 0 Å². The van der Waals surface area contributed by atoms with Crippen molar-refractivity contribution in [3.05, 3.63) is 58.7 Å². The van der Waals surface area contributed by atoms with Crippen molar-refractivity contribution in [2.45, 2.75) is 37.5 Å². The molecule has 0 N–H and O–H groups in total. The van der Waals surface area contributed by atoms with Gasteiger partial charge in [0.25, 0.3) is 0 Å². The summed E-state index contributed by atoms with van der Waals surface area (Å²) < 4.78 is 0. The van der Waals surface area contributed by atoms with Crippen LogP contribution in [0.3, 0.4) is 0 Å². The van der Waals surface area contributed by atoms with Gasteiger partial charge in [-0.15, -0.1) is 0 Å². The van der Waals surface area contributed by atoms with E-state index in [-0.39, 0.29) is 0 Å². The second-order valence-corrected chi connectivity index (χ2v) is 5.73. The molecule has 0 aromatic heterocycles. The van der Waals surface area contributed by atoms with Crippen LogP contribution in [0.4, 0.5) is 0 Å². The largest absolute Gasteiger partial charge is 0.0898 e. The van der Waals surface area contributed by atoms with Crippen LogP contribution in [0.2, 0.25) is 0 Å². The van der Waals surface area contributed by atoms with Crippen molar-refractivity contribution >= 4 is 11.8 Å². The van der Waals surface area contributed by atoms with Gasteiger partial charge in [0.2, 0.25) is 0 Å². The number of hydrogen-bond donors (Lipinski definition) is 0. The maximum absolute atomic E-state index is 2.27. The first-order valence-electron chi connectivity index (χ1n) is 5.88. The SMILES string of the molecule is Cc1ccc(C)c(Sc2ccc(C)c(C)c2)c1. The van der Waals surface area contributed by atoms with E-state index in [0.29, 0.717) is 0 Å². The Kier molecular flexibility index (Phi) is 3.58. The van der Waals surface area contributed by atoms with Crippen molar-refractivity contribution < 1.29 is 0 Å². The van der Waals surface area contributed by atoms with Crippen LogP contribution in [0.5, 0.6) is 0 Å². The van der Waals surface area contributed by atoms with Gasteiger partial charge in [0, 0.05) is 9.79 Å². The van der Waals surface area contributed by atoms with Crippen LogP contribution in [0, 0.1) is 27.7 Å². The van der Waals surface area contributed by atoms with E-state index < -0.39 is 0 Å². The molecule has 0 atom stereocenters. The lowest BCUT2D eigenvalue weighted by Crippen LogP contribution is -1.84. The maximum atomic E-state index is 2.27. The zero-order chi connectivity index (χ0) is 12.4. The molecule has 0 aliphatic carbocycles. The Morgan fingerprint density at radius 3 is 2.12 bits per heavy atom. The molecule has 0 saturated carbocycles. The summed E-state index contributed by atoms with van der Waals surface area (Å²) in [5.41, 5.74) is 5.39. The van der Waals surface area contributed by atoms with E-state index in [1.807, 2.05) is 11.8 Å². The fraction of sp³-hybridized carbons (Fsp3) is 0.250. The topological polar surface area (TPSA) is 0 Å². The molecular weight excluding hydrogens is 224 g/mol. The monoisotopic (exact) mass is 242 g/mol. The third-order valence-electron chi connectivity index (χ3n) is 3.05. The van der Waals surface area contributed by atoms with E-state index >= 15 is 0 Å². The van der Waals surface area contributed by atoms with Crippen LogP contribution in [0.15, 0.2) is 46.2 Å². The number of rotatable bonds is 2. The predicted octanol–water partition coefficient (Wildman–Crippen LogP) is 5.07. The summed E-state index contributed by atoms with van der Waals surface area (Å²) in [6, 6.07) is 13.3. The minimum atomic E-state index is 1.32. The Hall–Kier alpha value is -1.21. The van der Waals surface area contributed by atoms with E-state index in [1.165, 1.54) is 32.0 Å². The zero-order valence-electron chi connectivity index (χ0n) is 10.9. The maximum Gasteiger partial charge on any atom is 0.0154 e. The van der Waals surface area contributed by atoms with Crippen LogP contribution in [-0.4, -0.2) is 0 Å². The summed E-state index contributed by atoms with van der Waals surface area (Å²) in [5.74, 6) is 0. The van der Waals surface area contributed by atoms with Crippen LogP contribution in [-0.2, 0) is 0 Å². The first kappa shape index (κ1) is 12.3. The third kappa shape index (κ3) is 2.92. The zero-order valence-corrected chi connectivity index (χ0v) is 11.7. The molecule has 0 bridgehead atoms. The van der Waals surface area contributed by atoms with Gasteiger partial charge in [-0.3, -0.25) is 0 Å². The minimum absolute atomic E-state index is 1.32. The molecular formula is C16H18S. The van der Waals surface area contributed by atoms with Crippen molar-refractivity contribution in [3.8, 4) is 0 Å². The van der Waals surface area contributed by atoms with Gasteiger partial charge in [-0.2, -0.15) is 0 Å². The van der Waals surface area contributed by atoms with Crippen LogP contribution >= 0.6 is 11.8 Å². The lowest BCUT2D eigenvalue weighted by Gasteiger charge is -2.08. The standard InChI is InChI=1S/C16H18S/c1-11-5-6-13(3)16(9-11)17-15-8-7-12(2)14(4)10-15/h5-10H,1-4H3. The predicted molar refractivity (Wildman–Crippen MR) is 76.0 cm³/mol. The van der Waals surface area contributed by atoms with Crippen molar-refractivity contribution in [1.29, 1.82) is 0 Å². The molecule has 0 aliphatic heterocycles. The highest BCUT2D eigenvalue weighted by molar-refractivity contribution is 7.99. The first-order chi connectivity index (χ1) is 8.06. The molecule has 0 amide bonds. The second-order valence-electron chi connectivity index (χ2n) is 4.62. The molecule has 2 rings (SSSR count). The smallest absolute Gasteiger partial charge is 0.0154 e. The highest BCUT2D eigenvalue weighted by atomic mass is 32.2. The molecule has 2 aromatic carbocycles. The molecule has 0 saturated heterocycles. The molecule has 0 nitrogen and oxygen atoms in total. The van der Waals surface area contributed by atoms with Gasteiger partial charge in [0.15, 0.2) is 0 Å². The van der Waals surface area contributed by atoms with Gasteiger partial charge in [-0.1, -0.05) is 30.0 Å². The lowest BCUT2D eigenvalue weighted by atomic mass is 10.1. The van der Waals surface area contributed by atoms with Gasteiger partial charge in [0.1, 0.15) is 0 Å². The Morgan fingerprint density at radius 1 is 0.706 bits per heavy atom. The summed E-state index contributed by atoms with van der Waals surface area (Å²) in [6.45, 7) is 8.64. The van der Waals surface area contributed by atoms with E-state index in [2.05, 4.69) is 64.1 Å². The van der Waals surface area contributed by atoms with Crippen molar-refractivity contribution in [1.82, 2.24) is 0 Å². The minimum Gasteiger partial charge on any atom is -0.0898 e. The number of hydrogen-bond acceptors (Lipinski definition) is 1. The van der Waals surface area contributed by atoms with Crippen LogP contribution in [0.25, 0.3) is 0 Å². The van der Waals surface area contributed by atoms with Gasteiger partial charge in [0.05, 0.1) is 0 Å². The molecule has 1 heteroatoms. The summed E-state index contributed by atoms with van der Waals surface area (Å²) in [5, 5.41) is 0. The lowest BCUT2D eigenvalue weighted by molar-refractivity contribution is 1.24. The average Bonchev–Trinajstić information content (AvgIpc) is 2.29. The van der Waals surface area contributed by atoms with Gasteiger partial charge in [-0.25, -0.2) is 0 Å². The molecule has 0 aliphatic rings. The van der Waals surface area contributed by atoms with Crippen LogP contribution < -0.4 is 0 Å². The summed E-state index contributed by atoms with van der Waals surface area (Å²) in [6.07, 6.45) is 0. The Balaban J connectivity index is 2.31. The van der Waals surface area contributed by atoms with Crippen molar-refractivity contribution in [2.75, 3.05) is 0 Å². The number of benzene rings is 2. The third-order valence-corrected chi connectivity index (χ3v) is 4.20. The molecule has 2 aromatic rings. The molecule has 0 unspecified atom stereocenters. The molecule has 0 heterocycles. The summed E-state index contributed by atoms with van der Waals surface area (Å²) in [7, 11) is 0. The van der Waals surface area contributed by atoms with E-state index in [0.717, 1.165) is 0 Å². The summed E-state index contributed by atoms with van der Waals surface area (Å²) in [4.78, 5) is 2.68. The van der Waals surface area contributed by atoms with Gasteiger partial charge < -0.3 is 0 Å². The quantitative estimate of drug-likeness (QED) is 0.708. The Morgan fingerprint density at radius 2 is 1.41 bits per heavy atom. The highest BCUT2D eigenvalue weighted by Crippen LogP contribution is 2.31. The molecule has 0 radical (unpaired) electrons. The molecule has 0 fully saturated rings. The van der Waals surface area contributed by atoms with E-state index in [4.69, 9.17) is 0 Å². The Labute approximate surface area is 108 Å². The molecule has 0 spiro atoms. The fourth-order valence-electron chi connectivity index (χ4n) is 1.72. The van der Waals surface area contributed by atoms with E-state index in [9.17, 15) is 0 Å². The summed E-state index contributed by atoms with van der Waals surface area (Å²) >= 11 is 1.85. The normalized spacial score (nSPS) is 10.6. The van der Waals surface area contributed by atoms with E-state index in [1.54, 1.807) is 0 Å². The average molecular weight is 242 g/mol. The number of aryl methyl sites for hydroxylation is 4. The Bertz CT molecular complexity index is 541. The first-order valence-corrected chi connectivity index (χ1v) is 6.70. The highest BCUT2D eigenvalue weighted by Gasteiger charge is 2.02. The fourth-order valence-corrected chi connectivity index (χ4v) is 2.82. The molecule has 88 valence electrons. The van der Waals surface area contributed by atoms with Crippen molar-refractivity contribution in [3.63, 3.8) is 0 Å². The van der Waals surface area contributed by atoms with Gasteiger partial charge >= 0.3 is 0 Å². The van der Waals surface area contributed by atoms with Crippen LogP contribution in [0.1, 0.15) is 22.3 Å². The molecule has 17 heavy (non-hydrogen) atoms. The second kappa shape index (κ2) is 4.97. The van der Waals surface area contributed by atoms with Gasteiger partial charge in [-0.05, 0) is 68.1 Å².